The molecule has 0 unspecified atom stereocenters. The highest BCUT2D eigenvalue weighted by atomic mass is 32.1. The molecule has 0 amide bonds. The number of aromatic nitrogens is 3. The first-order chi connectivity index (χ1) is 11.9. The molecular formula is C17H12F3N3OS. The van der Waals surface area contributed by atoms with Crippen LogP contribution in [0.1, 0.15) is 17.3 Å². The van der Waals surface area contributed by atoms with E-state index in [1.165, 1.54) is 11.3 Å². The molecule has 0 spiro atoms. The Morgan fingerprint density at radius 3 is 2.64 bits per heavy atom. The summed E-state index contributed by atoms with van der Waals surface area (Å²) < 4.78 is 46.7. The number of para-hydroxylation sites is 2. The fourth-order valence-electron chi connectivity index (χ4n) is 2.66. The molecule has 128 valence electrons. The van der Waals surface area contributed by atoms with Gasteiger partial charge in [0.1, 0.15) is 5.76 Å². The molecule has 0 radical (unpaired) electrons. The summed E-state index contributed by atoms with van der Waals surface area (Å²) >= 11 is 1.34. The smallest absolute Gasteiger partial charge is 0.449 e. The molecule has 3 aromatic heterocycles. The van der Waals surface area contributed by atoms with Crippen LogP contribution in [-0.2, 0) is 12.7 Å². The van der Waals surface area contributed by atoms with E-state index in [1.807, 2.05) is 13.0 Å². The Kier molecular flexibility index (Phi) is 3.64. The van der Waals surface area contributed by atoms with Crippen LogP contribution in [0, 0.1) is 6.92 Å². The lowest BCUT2D eigenvalue weighted by molar-refractivity contribution is -0.146. The Morgan fingerprint density at radius 1 is 1.12 bits per heavy atom. The fraction of sp³-hybridized carbons (Fsp3) is 0.176. The van der Waals surface area contributed by atoms with Crippen molar-refractivity contribution in [3.63, 3.8) is 0 Å². The number of imidazole rings is 1. The largest absolute Gasteiger partial charge is 0.459 e. The molecule has 0 saturated carbocycles. The van der Waals surface area contributed by atoms with Crippen molar-refractivity contribution in [1.29, 1.82) is 0 Å². The van der Waals surface area contributed by atoms with Crippen molar-refractivity contribution in [3.8, 4) is 10.8 Å². The van der Waals surface area contributed by atoms with Gasteiger partial charge in [-0.2, -0.15) is 13.2 Å². The molecule has 0 N–H and O–H groups in total. The van der Waals surface area contributed by atoms with E-state index in [9.17, 15) is 13.2 Å². The molecule has 0 aliphatic carbocycles. The fourth-order valence-corrected chi connectivity index (χ4v) is 3.43. The molecule has 0 fully saturated rings. The van der Waals surface area contributed by atoms with E-state index in [1.54, 1.807) is 35.7 Å². The summed E-state index contributed by atoms with van der Waals surface area (Å²) in [4.78, 5) is 8.15. The molecule has 0 aliphatic heterocycles. The molecule has 8 heteroatoms. The van der Waals surface area contributed by atoms with E-state index in [4.69, 9.17) is 4.42 Å². The Labute approximate surface area is 144 Å². The van der Waals surface area contributed by atoms with Crippen molar-refractivity contribution in [2.75, 3.05) is 0 Å². The van der Waals surface area contributed by atoms with Gasteiger partial charge in [0.25, 0.3) is 0 Å². The summed E-state index contributed by atoms with van der Waals surface area (Å²) in [6, 6.07) is 10.2. The molecular weight excluding hydrogens is 351 g/mol. The van der Waals surface area contributed by atoms with Gasteiger partial charge in [-0.25, -0.2) is 9.97 Å². The van der Waals surface area contributed by atoms with Crippen LogP contribution in [0.3, 0.4) is 0 Å². The normalized spacial score (nSPS) is 12.2. The monoisotopic (exact) mass is 363 g/mol. The Hall–Kier alpha value is -2.61. The van der Waals surface area contributed by atoms with E-state index in [2.05, 4.69) is 9.97 Å². The highest BCUT2D eigenvalue weighted by Crippen LogP contribution is 2.33. The number of aryl methyl sites for hydroxylation is 1. The van der Waals surface area contributed by atoms with Crippen molar-refractivity contribution in [2.45, 2.75) is 19.6 Å². The van der Waals surface area contributed by atoms with Crippen LogP contribution in [-0.4, -0.2) is 14.5 Å². The average Bonchev–Trinajstić information content (AvgIpc) is 3.26. The molecule has 25 heavy (non-hydrogen) atoms. The lowest BCUT2D eigenvalue weighted by atomic mass is 10.3. The molecule has 1 aromatic carbocycles. The Morgan fingerprint density at radius 2 is 1.92 bits per heavy atom. The highest BCUT2D eigenvalue weighted by Gasteiger charge is 2.37. The maximum absolute atomic E-state index is 13.3. The van der Waals surface area contributed by atoms with Gasteiger partial charge in [0.05, 0.1) is 23.3 Å². The number of hydrogen-bond donors (Lipinski definition) is 0. The third kappa shape index (κ3) is 2.93. The van der Waals surface area contributed by atoms with Crippen LogP contribution in [0.25, 0.3) is 21.8 Å². The van der Waals surface area contributed by atoms with E-state index >= 15 is 0 Å². The highest BCUT2D eigenvalue weighted by molar-refractivity contribution is 7.13. The average molecular weight is 363 g/mol. The minimum absolute atomic E-state index is 0.00839. The number of thiazole rings is 1. The summed E-state index contributed by atoms with van der Waals surface area (Å²) in [7, 11) is 0. The molecule has 4 aromatic rings. The first-order valence-electron chi connectivity index (χ1n) is 7.45. The number of alkyl halides is 3. The molecule has 4 nitrogen and oxygen atoms in total. The van der Waals surface area contributed by atoms with E-state index < -0.39 is 12.0 Å². The number of hydrogen-bond acceptors (Lipinski definition) is 4. The minimum Gasteiger partial charge on any atom is -0.459 e. The predicted octanol–water partition coefficient (Wildman–Crippen LogP) is 5.13. The van der Waals surface area contributed by atoms with Crippen LogP contribution in [0.5, 0.6) is 0 Å². The van der Waals surface area contributed by atoms with Crippen molar-refractivity contribution in [2.24, 2.45) is 0 Å². The van der Waals surface area contributed by atoms with Gasteiger partial charge in [-0.3, -0.25) is 0 Å². The number of halogens is 3. The Balaban J connectivity index is 1.75. The molecule has 0 aliphatic rings. The van der Waals surface area contributed by atoms with Crippen LogP contribution in [0.4, 0.5) is 13.2 Å². The predicted molar refractivity (Wildman–Crippen MR) is 88.4 cm³/mol. The molecule has 3 heterocycles. The zero-order valence-electron chi connectivity index (χ0n) is 13.0. The van der Waals surface area contributed by atoms with Gasteiger partial charge in [-0.15, -0.1) is 11.3 Å². The molecule has 0 bridgehead atoms. The molecule has 0 saturated heterocycles. The third-order valence-corrected chi connectivity index (χ3v) is 4.64. The van der Waals surface area contributed by atoms with Crippen LogP contribution in [0.15, 0.2) is 46.2 Å². The maximum atomic E-state index is 13.3. The molecule has 4 rings (SSSR count). The summed E-state index contributed by atoms with van der Waals surface area (Å²) in [5.74, 6) is 0.448. The number of rotatable bonds is 3. The zero-order chi connectivity index (χ0) is 17.6. The lowest BCUT2D eigenvalue weighted by Gasteiger charge is -2.10. The Bertz CT molecular complexity index is 1040. The maximum Gasteiger partial charge on any atom is 0.449 e. The SMILES string of the molecule is Cc1ccc(-c2nc(Cn3c(C(F)(F)F)nc4ccccc43)cs2)o1. The second-order valence-corrected chi connectivity index (χ2v) is 6.42. The van der Waals surface area contributed by atoms with Gasteiger partial charge in [0, 0.05) is 5.38 Å². The number of fused-ring (bicyclic) bond motifs is 1. The lowest BCUT2D eigenvalue weighted by Crippen LogP contribution is -2.15. The summed E-state index contributed by atoms with van der Waals surface area (Å²) in [6.07, 6.45) is -4.53. The van der Waals surface area contributed by atoms with Gasteiger partial charge in [-0.1, -0.05) is 12.1 Å². The third-order valence-electron chi connectivity index (χ3n) is 3.73. The second kappa shape index (κ2) is 5.73. The number of nitrogens with zero attached hydrogens (tertiary/aromatic N) is 3. The first kappa shape index (κ1) is 15.9. The van der Waals surface area contributed by atoms with Crippen molar-refractivity contribution >= 4 is 22.4 Å². The number of furan rings is 1. The van der Waals surface area contributed by atoms with Gasteiger partial charge in [0.2, 0.25) is 5.82 Å². The van der Waals surface area contributed by atoms with E-state index in [-0.39, 0.29) is 6.54 Å². The van der Waals surface area contributed by atoms with Crippen LogP contribution >= 0.6 is 11.3 Å². The first-order valence-corrected chi connectivity index (χ1v) is 8.33. The van der Waals surface area contributed by atoms with E-state index in [0.717, 1.165) is 10.3 Å². The van der Waals surface area contributed by atoms with Gasteiger partial charge in [-0.05, 0) is 31.2 Å². The zero-order valence-corrected chi connectivity index (χ0v) is 13.9. The standard InChI is InChI=1S/C17H12F3N3OS/c1-10-6-7-14(24-10)15-21-11(9-25-15)8-23-13-5-3-2-4-12(13)22-16(23)17(18,19)20/h2-7,9H,8H2,1H3. The van der Waals surface area contributed by atoms with Crippen LogP contribution in [0.2, 0.25) is 0 Å². The van der Waals surface area contributed by atoms with Crippen molar-refractivity contribution < 1.29 is 17.6 Å². The van der Waals surface area contributed by atoms with E-state index in [0.29, 0.717) is 27.5 Å². The van der Waals surface area contributed by atoms with Gasteiger partial charge >= 0.3 is 6.18 Å². The molecule has 0 atom stereocenters. The van der Waals surface area contributed by atoms with Crippen molar-refractivity contribution in [1.82, 2.24) is 14.5 Å². The summed E-state index contributed by atoms with van der Waals surface area (Å²) in [6.45, 7) is 1.82. The minimum atomic E-state index is -4.53. The summed E-state index contributed by atoms with van der Waals surface area (Å²) in [5.41, 5.74) is 1.27. The summed E-state index contributed by atoms with van der Waals surface area (Å²) in [5, 5.41) is 2.38. The van der Waals surface area contributed by atoms with Gasteiger partial charge < -0.3 is 8.98 Å². The number of benzene rings is 1. The second-order valence-electron chi connectivity index (χ2n) is 5.56. The van der Waals surface area contributed by atoms with Gasteiger partial charge in [0.15, 0.2) is 10.8 Å². The quantitative estimate of drug-likeness (QED) is 0.507. The van der Waals surface area contributed by atoms with Crippen LogP contribution < -0.4 is 0 Å². The topological polar surface area (TPSA) is 43.9 Å². The van der Waals surface area contributed by atoms with Crippen molar-refractivity contribution in [3.05, 3.63) is 59.1 Å².